The van der Waals surface area contributed by atoms with E-state index in [0.717, 1.165) is 5.56 Å². The predicted octanol–water partition coefficient (Wildman–Crippen LogP) is 2.90. The van der Waals surface area contributed by atoms with E-state index in [1.54, 1.807) is 30.3 Å². The molecule has 0 N–H and O–H groups in total. The first-order valence-corrected chi connectivity index (χ1v) is 4.76. The van der Waals surface area contributed by atoms with Crippen LogP contribution >= 0.6 is 0 Å². The lowest BCUT2D eigenvalue weighted by atomic mass is 9.95. The number of benzene rings is 2. The normalized spacial score (nSPS) is 9.12. The number of hydrogen-bond acceptors (Lipinski definition) is 2. The quantitative estimate of drug-likeness (QED) is 0.715. The molecule has 2 rings (SSSR count). The van der Waals surface area contributed by atoms with Gasteiger partial charge in [-0.1, -0.05) is 30.3 Å². The topological polar surface area (TPSA) is 47.6 Å². The minimum atomic E-state index is 0.519. The van der Waals surface area contributed by atoms with Crippen LogP contribution in [0.2, 0.25) is 0 Å². The molecule has 0 saturated carbocycles. The molecule has 0 fully saturated rings. The van der Waals surface area contributed by atoms with Crippen molar-refractivity contribution in [1.82, 2.24) is 0 Å². The van der Waals surface area contributed by atoms with Gasteiger partial charge in [0, 0.05) is 5.56 Å². The van der Waals surface area contributed by atoms with Gasteiger partial charge in [0.15, 0.2) is 0 Å². The Labute approximate surface area is 94.0 Å². The van der Waals surface area contributed by atoms with Crippen molar-refractivity contribution < 1.29 is 0 Å². The highest BCUT2D eigenvalue weighted by Gasteiger charge is 2.09. The van der Waals surface area contributed by atoms with Crippen LogP contribution in [0.5, 0.6) is 0 Å². The SMILES string of the molecule is N#Cc1cccc(C#N)c1-c1cc[c]cc1. The summed E-state index contributed by atoms with van der Waals surface area (Å²) in [6, 6.07) is 19.5. The summed E-state index contributed by atoms with van der Waals surface area (Å²) < 4.78 is 0. The van der Waals surface area contributed by atoms with Crippen LogP contribution in [0.15, 0.2) is 42.5 Å². The van der Waals surface area contributed by atoms with Gasteiger partial charge in [-0.2, -0.15) is 10.5 Å². The summed E-state index contributed by atoms with van der Waals surface area (Å²) in [5, 5.41) is 18.1. The van der Waals surface area contributed by atoms with E-state index in [2.05, 4.69) is 18.2 Å². The van der Waals surface area contributed by atoms with Crippen molar-refractivity contribution in [3.63, 3.8) is 0 Å². The van der Waals surface area contributed by atoms with E-state index >= 15 is 0 Å². The molecular formula is C14H7N2. The van der Waals surface area contributed by atoms with E-state index in [9.17, 15) is 0 Å². The zero-order valence-corrected chi connectivity index (χ0v) is 8.44. The summed E-state index contributed by atoms with van der Waals surface area (Å²) in [7, 11) is 0. The average molecular weight is 203 g/mol. The second-order valence-corrected chi connectivity index (χ2v) is 3.24. The van der Waals surface area contributed by atoms with E-state index in [-0.39, 0.29) is 0 Å². The molecule has 73 valence electrons. The molecule has 0 bridgehead atoms. The lowest BCUT2D eigenvalue weighted by molar-refractivity contribution is 1.44. The van der Waals surface area contributed by atoms with Gasteiger partial charge in [0.05, 0.1) is 23.3 Å². The molecule has 0 aliphatic carbocycles. The van der Waals surface area contributed by atoms with E-state index in [0.29, 0.717) is 16.7 Å². The molecule has 0 heterocycles. The zero-order valence-electron chi connectivity index (χ0n) is 8.44. The van der Waals surface area contributed by atoms with Crippen LogP contribution in [-0.4, -0.2) is 0 Å². The van der Waals surface area contributed by atoms with E-state index in [1.165, 1.54) is 0 Å². The molecule has 1 radical (unpaired) electrons. The summed E-state index contributed by atoms with van der Waals surface area (Å²) in [6.07, 6.45) is 0. The molecule has 2 nitrogen and oxygen atoms in total. The fraction of sp³-hybridized carbons (Fsp3) is 0. The maximum absolute atomic E-state index is 9.03. The third kappa shape index (κ3) is 1.65. The molecule has 0 saturated heterocycles. The van der Waals surface area contributed by atoms with Gasteiger partial charge in [-0.15, -0.1) is 0 Å². The lowest BCUT2D eigenvalue weighted by Gasteiger charge is -2.05. The van der Waals surface area contributed by atoms with Crippen LogP contribution in [-0.2, 0) is 0 Å². The highest BCUT2D eigenvalue weighted by atomic mass is 14.3. The van der Waals surface area contributed by atoms with Crippen LogP contribution in [0.25, 0.3) is 11.1 Å². The Balaban J connectivity index is 2.74. The van der Waals surface area contributed by atoms with Gasteiger partial charge in [-0.05, 0) is 23.8 Å². The molecule has 0 unspecified atom stereocenters. The largest absolute Gasteiger partial charge is 0.192 e. The summed E-state index contributed by atoms with van der Waals surface area (Å²) >= 11 is 0. The molecule has 0 spiro atoms. The Morgan fingerprint density at radius 2 is 1.44 bits per heavy atom. The standard InChI is InChI=1S/C14H7N2/c15-9-12-7-4-8-13(10-16)14(12)11-5-2-1-3-6-11/h2-8H. The first-order valence-electron chi connectivity index (χ1n) is 4.76. The van der Waals surface area contributed by atoms with E-state index in [1.807, 2.05) is 12.1 Å². The Morgan fingerprint density at radius 3 is 1.94 bits per heavy atom. The molecule has 2 aromatic rings. The van der Waals surface area contributed by atoms with Crippen molar-refractivity contribution in [3.8, 4) is 23.3 Å². The summed E-state index contributed by atoms with van der Waals surface area (Å²) in [4.78, 5) is 0. The molecule has 0 aromatic heterocycles. The minimum Gasteiger partial charge on any atom is -0.192 e. The zero-order chi connectivity index (χ0) is 11.4. The van der Waals surface area contributed by atoms with Crippen LogP contribution < -0.4 is 0 Å². The second kappa shape index (κ2) is 4.29. The molecule has 2 heteroatoms. The molecule has 16 heavy (non-hydrogen) atoms. The number of rotatable bonds is 1. The highest BCUT2D eigenvalue weighted by Crippen LogP contribution is 2.26. The number of nitrogens with zero attached hydrogens (tertiary/aromatic N) is 2. The average Bonchev–Trinajstić information content (AvgIpc) is 2.38. The van der Waals surface area contributed by atoms with Crippen molar-refractivity contribution in [2.45, 2.75) is 0 Å². The van der Waals surface area contributed by atoms with E-state index < -0.39 is 0 Å². The van der Waals surface area contributed by atoms with Crippen LogP contribution in [0.3, 0.4) is 0 Å². The summed E-state index contributed by atoms with van der Waals surface area (Å²) in [5.41, 5.74) is 2.60. The van der Waals surface area contributed by atoms with E-state index in [4.69, 9.17) is 10.5 Å². The first-order chi connectivity index (χ1) is 7.86. The summed E-state index contributed by atoms with van der Waals surface area (Å²) in [6.45, 7) is 0. The van der Waals surface area contributed by atoms with Crippen molar-refractivity contribution in [2.24, 2.45) is 0 Å². The van der Waals surface area contributed by atoms with Crippen molar-refractivity contribution in [3.05, 3.63) is 59.7 Å². The molecule has 0 aliphatic rings. The van der Waals surface area contributed by atoms with Gasteiger partial charge in [-0.25, -0.2) is 0 Å². The molecule has 0 aliphatic heterocycles. The van der Waals surface area contributed by atoms with Crippen LogP contribution in [0, 0.1) is 28.7 Å². The third-order valence-corrected chi connectivity index (χ3v) is 2.31. The lowest BCUT2D eigenvalue weighted by Crippen LogP contribution is -1.89. The van der Waals surface area contributed by atoms with Crippen molar-refractivity contribution in [2.75, 3.05) is 0 Å². The van der Waals surface area contributed by atoms with Gasteiger partial charge in [0.1, 0.15) is 0 Å². The monoisotopic (exact) mass is 203 g/mol. The second-order valence-electron chi connectivity index (χ2n) is 3.24. The Morgan fingerprint density at radius 1 is 0.875 bits per heavy atom. The molecule has 2 aromatic carbocycles. The maximum atomic E-state index is 9.03. The molecule has 0 atom stereocenters. The Kier molecular flexibility index (Phi) is 2.67. The van der Waals surface area contributed by atoms with Gasteiger partial charge >= 0.3 is 0 Å². The summed E-state index contributed by atoms with van der Waals surface area (Å²) in [5.74, 6) is 0. The fourth-order valence-corrected chi connectivity index (χ4v) is 1.60. The Hall–Kier alpha value is -2.58. The molecular weight excluding hydrogens is 196 g/mol. The Bertz CT molecular complexity index is 554. The first kappa shape index (κ1) is 9.96. The molecule has 0 amide bonds. The number of nitriles is 2. The van der Waals surface area contributed by atoms with Crippen molar-refractivity contribution in [1.29, 1.82) is 10.5 Å². The van der Waals surface area contributed by atoms with Gasteiger partial charge in [-0.3, -0.25) is 0 Å². The third-order valence-electron chi connectivity index (χ3n) is 2.31. The van der Waals surface area contributed by atoms with Gasteiger partial charge < -0.3 is 0 Å². The fourth-order valence-electron chi connectivity index (χ4n) is 1.60. The van der Waals surface area contributed by atoms with Gasteiger partial charge in [0.2, 0.25) is 0 Å². The minimum absolute atomic E-state index is 0.519. The highest BCUT2D eigenvalue weighted by molar-refractivity contribution is 5.76. The van der Waals surface area contributed by atoms with Crippen LogP contribution in [0.1, 0.15) is 11.1 Å². The number of hydrogen-bond donors (Lipinski definition) is 0. The maximum Gasteiger partial charge on any atom is 0.0998 e. The van der Waals surface area contributed by atoms with Crippen LogP contribution in [0.4, 0.5) is 0 Å². The van der Waals surface area contributed by atoms with Crippen molar-refractivity contribution >= 4 is 0 Å². The van der Waals surface area contributed by atoms with Gasteiger partial charge in [0.25, 0.3) is 0 Å². The smallest absolute Gasteiger partial charge is 0.0998 e. The predicted molar refractivity (Wildman–Crippen MR) is 60.1 cm³/mol.